The van der Waals surface area contributed by atoms with Crippen molar-refractivity contribution >= 4 is 23.8 Å². The zero-order valence-electron chi connectivity index (χ0n) is 14.5. The van der Waals surface area contributed by atoms with Gasteiger partial charge in [0.1, 0.15) is 5.75 Å². The number of nitrogens with zero attached hydrogens (tertiary/aromatic N) is 2. The van der Waals surface area contributed by atoms with E-state index in [2.05, 4.69) is 19.5 Å². The molecule has 2 aromatic rings. The fourth-order valence-electron chi connectivity index (χ4n) is 2.22. The third kappa shape index (κ3) is 4.04. The van der Waals surface area contributed by atoms with Crippen LogP contribution in [-0.2, 0) is 16.1 Å². The van der Waals surface area contributed by atoms with Crippen LogP contribution in [0.25, 0.3) is 0 Å². The SMILES string of the molecule is COC(=O)c1cc(N=Cc2c(CO)cnc(C)c2O)cc(C(=O)OC)c1. The molecule has 0 saturated heterocycles. The second kappa shape index (κ2) is 8.21. The monoisotopic (exact) mass is 358 g/mol. The molecule has 8 heteroatoms. The maximum Gasteiger partial charge on any atom is 0.337 e. The molecule has 0 fully saturated rings. The minimum absolute atomic E-state index is 0.113. The van der Waals surface area contributed by atoms with Crippen LogP contribution < -0.4 is 0 Å². The normalized spacial score (nSPS) is 10.8. The van der Waals surface area contributed by atoms with Gasteiger partial charge in [-0.25, -0.2) is 9.59 Å². The van der Waals surface area contributed by atoms with Gasteiger partial charge in [-0.1, -0.05) is 0 Å². The van der Waals surface area contributed by atoms with Crippen LogP contribution in [0.5, 0.6) is 5.75 Å². The molecule has 1 heterocycles. The molecule has 0 unspecified atom stereocenters. The molecule has 0 atom stereocenters. The first-order valence-corrected chi connectivity index (χ1v) is 7.55. The molecule has 0 radical (unpaired) electrons. The van der Waals surface area contributed by atoms with Crippen LogP contribution in [0.4, 0.5) is 5.69 Å². The number of carbonyl (C=O) groups is 2. The molecule has 1 aromatic heterocycles. The largest absolute Gasteiger partial charge is 0.505 e. The highest BCUT2D eigenvalue weighted by atomic mass is 16.5. The van der Waals surface area contributed by atoms with Gasteiger partial charge in [-0.15, -0.1) is 0 Å². The first-order valence-electron chi connectivity index (χ1n) is 7.55. The number of esters is 2. The smallest absolute Gasteiger partial charge is 0.337 e. The average molecular weight is 358 g/mol. The van der Waals surface area contributed by atoms with Crippen LogP contribution >= 0.6 is 0 Å². The zero-order valence-corrected chi connectivity index (χ0v) is 14.5. The lowest BCUT2D eigenvalue weighted by molar-refractivity contribution is 0.0599. The number of ether oxygens (including phenoxy) is 2. The number of aryl methyl sites for hydroxylation is 1. The summed E-state index contributed by atoms with van der Waals surface area (Å²) in [6.45, 7) is 1.28. The summed E-state index contributed by atoms with van der Waals surface area (Å²) in [5.74, 6) is -1.38. The van der Waals surface area contributed by atoms with E-state index >= 15 is 0 Å². The zero-order chi connectivity index (χ0) is 19.3. The quantitative estimate of drug-likeness (QED) is 0.619. The summed E-state index contributed by atoms with van der Waals surface area (Å²) < 4.78 is 9.34. The van der Waals surface area contributed by atoms with E-state index in [9.17, 15) is 19.8 Å². The van der Waals surface area contributed by atoms with E-state index in [1.165, 1.54) is 44.8 Å². The van der Waals surface area contributed by atoms with Crippen LogP contribution in [0, 0.1) is 6.92 Å². The Morgan fingerprint density at radius 2 is 1.73 bits per heavy atom. The fourth-order valence-corrected chi connectivity index (χ4v) is 2.22. The van der Waals surface area contributed by atoms with Crippen molar-refractivity contribution in [3.63, 3.8) is 0 Å². The predicted octanol–water partition coefficient (Wildman–Crippen LogP) is 1.91. The van der Waals surface area contributed by atoms with Gasteiger partial charge in [-0.05, 0) is 25.1 Å². The first kappa shape index (κ1) is 19.1. The molecule has 2 rings (SSSR count). The molecule has 0 aliphatic carbocycles. The molecule has 0 bridgehead atoms. The topological polar surface area (TPSA) is 118 Å². The van der Waals surface area contributed by atoms with Crippen molar-refractivity contribution < 1.29 is 29.3 Å². The van der Waals surface area contributed by atoms with E-state index < -0.39 is 11.9 Å². The van der Waals surface area contributed by atoms with Gasteiger partial charge < -0.3 is 19.7 Å². The summed E-state index contributed by atoms with van der Waals surface area (Å²) in [6, 6.07) is 4.20. The third-order valence-corrected chi connectivity index (χ3v) is 3.63. The van der Waals surface area contributed by atoms with Crippen LogP contribution in [0.3, 0.4) is 0 Å². The number of benzene rings is 1. The van der Waals surface area contributed by atoms with Gasteiger partial charge in [0, 0.05) is 23.5 Å². The minimum Gasteiger partial charge on any atom is -0.505 e. The van der Waals surface area contributed by atoms with Gasteiger partial charge in [-0.2, -0.15) is 0 Å². The van der Waals surface area contributed by atoms with Crippen LogP contribution in [0.2, 0.25) is 0 Å². The number of carbonyl (C=O) groups excluding carboxylic acids is 2. The Hall–Kier alpha value is -3.26. The van der Waals surface area contributed by atoms with E-state index in [1.54, 1.807) is 6.92 Å². The first-order chi connectivity index (χ1) is 12.4. The predicted molar refractivity (Wildman–Crippen MR) is 92.9 cm³/mol. The molecule has 2 N–H and O–H groups in total. The summed E-state index contributed by atoms with van der Waals surface area (Å²) in [6.07, 6.45) is 2.76. The second-order valence-corrected chi connectivity index (χ2v) is 5.30. The Morgan fingerprint density at radius 1 is 1.15 bits per heavy atom. The van der Waals surface area contributed by atoms with Gasteiger partial charge in [0.15, 0.2) is 0 Å². The van der Waals surface area contributed by atoms with E-state index in [-0.39, 0.29) is 29.2 Å². The highest BCUT2D eigenvalue weighted by Gasteiger charge is 2.14. The van der Waals surface area contributed by atoms with Gasteiger partial charge >= 0.3 is 11.9 Å². The lowest BCUT2D eigenvalue weighted by atomic mass is 10.1. The Bertz CT molecular complexity index is 842. The van der Waals surface area contributed by atoms with E-state index in [4.69, 9.17) is 0 Å². The Morgan fingerprint density at radius 3 is 2.23 bits per heavy atom. The summed E-state index contributed by atoms with van der Waals surface area (Å²) in [5, 5.41) is 19.5. The molecule has 0 spiro atoms. The van der Waals surface area contributed by atoms with Crippen molar-refractivity contribution in [1.82, 2.24) is 4.98 Å². The van der Waals surface area contributed by atoms with E-state index in [0.717, 1.165) is 0 Å². The molecule has 1 aromatic carbocycles. The number of hydrogen-bond acceptors (Lipinski definition) is 8. The van der Waals surface area contributed by atoms with E-state index in [0.29, 0.717) is 16.8 Å². The number of hydrogen-bond donors (Lipinski definition) is 2. The van der Waals surface area contributed by atoms with Crippen LogP contribution in [-0.4, -0.2) is 47.6 Å². The van der Waals surface area contributed by atoms with Crippen molar-refractivity contribution in [3.05, 3.63) is 52.3 Å². The molecule has 0 amide bonds. The highest BCUT2D eigenvalue weighted by molar-refractivity contribution is 5.97. The van der Waals surface area contributed by atoms with Gasteiger partial charge in [-0.3, -0.25) is 9.98 Å². The standard InChI is InChI=1S/C18H18N2O6/c1-10-16(22)15(13(9-21)7-19-10)8-20-14-5-11(17(23)25-2)4-12(6-14)18(24)26-3/h4-8,21-22H,9H2,1-3H3. The lowest BCUT2D eigenvalue weighted by Crippen LogP contribution is -2.06. The number of rotatable bonds is 5. The molecule has 8 nitrogen and oxygen atoms in total. The fraction of sp³-hybridized carbons (Fsp3) is 0.222. The molecule has 0 aliphatic rings. The van der Waals surface area contributed by atoms with Crippen molar-refractivity contribution in [2.24, 2.45) is 4.99 Å². The second-order valence-electron chi connectivity index (χ2n) is 5.30. The van der Waals surface area contributed by atoms with Gasteiger partial charge in [0.25, 0.3) is 0 Å². The number of aromatic nitrogens is 1. The Labute approximate surface area is 149 Å². The van der Waals surface area contributed by atoms with Gasteiger partial charge in [0.05, 0.1) is 43.3 Å². The maximum atomic E-state index is 11.8. The summed E-state index contributed by atoms with van der Waals surface area (Å²) >= 11 is 0. The molecule has 26 heavy (non-hydrogen) atoms. The van der Waals surface area contributed by atoms with Crippen LogP contribution in [0.1, 0.15) is 37.5 Å². The Kier molecular flexibility index (Phi) is 6.03. The summed E-state index contributed by atoms with van der Waals surface area (Å²) in [7, 11) is 2.45. The molecule has 0 aliphatic heterocycles. The van der Waals surface area contributed by atoms with E-state index in [1.807, 2.05) is 0 Å². The van der Waals surface area contributed by atoms with Crippen molar-refractivity contribution in [1.29, 1.82) is 0 Å². The number of aliphatic hydroxyl groups excluding tert-OH is 1. The lowest BCUT2D eigenvalue weighted by Gasteiger charge is -2.08. The molecule has 0 saturated carbocycles. The van der Waals surface area contributed by atoms with Crippen molar-refractivity contribution in [3.8, 4) is 5.75 Å². The molecular weight excluding hydrogens is 340 g/mol. The number of aliphatic hydroxyl groups is 1. The molecule has 136 valence electrons. The maximum absolute atomic E-state index is 11.8. The highest BCUT2D eigenvalue weighted by Crippen LogP contribution is 2.24. The minimum atomic E-state index is -0.633. The number of methoxy groups -OCH3 is 2. The van der Waals surface area contributed by atoms with Crippen molar-refractivity contribution in [2.75, 3.05) is 14.2 Å². The number of aromatic hydroxyl groups is 1. The van der Waals surface area contributed by atoms with Crippen molar-refractivity contribution in [2.45, 2.75) is 13.5 Å². The number of pyridine rings is 1. The summed E-state index contributed by atoms with van der Waals surface area (Å²) in [5.41, 5.74) is 1.57. The summed E-state index contributed by atoms with van der Waals surface area (Å²) in [4.78, 5) is 31.8. The van der Waals surface area contributed by atoms with Crippen LogP contribution in [0.15, 0.2) is 29.4 Å². The third-order valence-electron chi connectivity index (χ3n) is 3.63. The molecular formula is C18H18N2O6. The van der Waals surface area contributed by atoms with Gasteiger partial charge in [0.2, 0.25) is 0 Å². The average Bonchev–Trinajstić information content (AvgIpc) is 2.67. The Balaban J connectivity index is 2.52. The number of aliphatic imine (C=N–C) groups is 1.